The molecule has 0 aliphatic carbocycles. The molecule has 0 unspecified atom stereocenters. The number of benzene rings is 1. The average molecular weight is 408 g/mol. The fourth-order valence-electron chi connectivity index (χ4n) is 3.66. The fraction of sp³-hybridized carbons (Fsp3) is 0.625. The lowest BCUT2D eigenvalue weighted by Crippen LogP contribution is -2.45. The standard InChI is InChI=1S/C16H23Cl2N3O3S/c17-13-7-12(15(22)8-14(13)18)16(19)10-2-5-21(6-3-10)25(23,24)11-1-4-20-9-11/h7-8,10-11,16,20,22H,1-6,9,19H2/t11-,16-/m1/s1. The molecule has 25 heavy (non-hydrogen) atoms. The van der Waals surface area contributed by atoms with Crippen LogP contribution in [-0.2, 0) is 10.0 Å². The minimum absolute atomic E-state index is 0.0222. The third-order valence-corrected chi connectivity index (χ3v) is 8.28. The summed E-state index contributed by atoms with van der Waals surface area (Å²) in [4.78, 5) is 0. The van der Waals surface area contributed by atoms with Gasteiger partial charge < -0.3 is 16.2 Å². The van der Waals surface area contributed by atoms with Crippen LogP contribution in [0.5, 0.6) is 5.75 Å². The average Bonchev–Trinajstić information content (AvgIpc) is 3.13. The lowest BCUT2D eigenvalue weighted by Gasteiger charge is -2.35. The largest absolute Gasteiger partial charge is 0.508 e. The van der Waals surface area contributed by atoms with Crippen molar-refractivity contribution < 1.29 is 13.5 Å². The number of aromatic hydroxyl groups is 1. The van der Waals surface area contributed by atoms with Crippen molar-refractivity contribution >= 4 is 33.2 Å². The van der Waals surface area contributed by atoms with Crippen LogP contribution in [0.1, 0.15) is 30.9 Å². The molecule has 2 aliphatic heterocycles. The van der Waals surface area contributed by atoms with E-state index in [9.17, 15) is 13.5 Å². The van der Waals surface area contributed by atoms with Gasteiger partial charge in [-0.05, 0) is 37.8 Å². The summed E-state index contributed by atoms with van der Waals surface area (Å²) in [6.45, 7) is 2.19. The van der Waals surface area contributed by atoms with Gasteiger partial charge in [0.1, 0.15) is 5.75 Å². The molecule has 0 bridgehead atoms. The number of nitrogens with zero attached hydrogens (tertiary/aromatic N) is 1. The molecule has 0 aromatic heterocycles. The summed E-state index contributed by atoms with van der Waals surface area (Å²) in [6, 6.07) is 2.58. The Morgan fingerprint density at radius 2 is 1.84 bits per heavy atom. The summed E-state index contributed by atoms with van der Waals surface area (Å²) in [7, 11) is -3.25. The highest BCUT2D eigenvalue weighted by Gasteiger charge is 2.37. The molecule has 2 saturated heterocycles. The van der Waals surface area contributed by atoms with Gasteiger partial charge in [0.15, 0.2) is 0 Å². The lowest BCUT2D eigenvalue weighted by atomic mass is 9.86. The first-order valence-electron chi connectivity index (χ1n) is 8.44. The van der Waals surface area contributed by atoms with Gasteiger partial charge in [-0.25, -0.2) is 12.7 Å². The van der Waals surface area contributed by atoms with Crippen molar-refractivity contribution in [1.29, 1.82) is 0 Å². The zero-order chi connectivity index (χ0) is 18.2. The molecule has 9 heteroatoms. The van der Waals surface area contributed by atoms with Gasteiger partial charge in [0.2, 0.25) is 10.0 Å². The van der Waals surface area contributed by atoms with E-state index in [0.29, 0.717) is 49.5 Å². The Morgan fingerprint density at radius 3 is 2.44 bits per heavy atom. The number of hydrogen-bond acceptors (Lipinski definition) is 5. The Balaban J connectivity index is 1.67. The SMILES string of the molecule is N[C@@H](c1cc(Cl)c(Cl)cc1O)C1CCN(S(=O)(=O)[C@@H]2CCNC2)CC1. The summed E-state index contributed by atoms with van der Waals surface area (Å²) in [6.07, 6.45) is 1.97. The maximum absolute atomic E-state index is 12.7. The molecule has 0 spiro atoms. The number of piperidine rings is 1. The van der Waals surface area contributed by atoms with Gasteiger partial charge >= 0.3 is 0 Å². The van der Waals surface area contributed by atoms with Crippen molar-refractivity contribution in [2.75, 3.05) is 26.2 Å². The topological polar surface area (TPSA) is 95.7 Å². The quantitative estimate of drug-likeness (QED) is 0.709. The maximum Gasteiger partial charge on any atom is 0.218 e. The third kappa shape index (κ3) is 3.91. The van der Waals surface area contributed by atoms with Gasteiger partial charge in [-0.2, -0.15) is 0 Å². The number of hydrogen-bond donors (Lipinski definition) is 3. The molecule has 0 amide bonds. The zero-order valence-corrected chi connectivity index (χ0v) is 16.1. The summed E-state index contributed by atoms with van der Waals surface area (Å²) < 4.78 is 26.9. The van der Waals surface area contributed by atoms with Crippen molar-refractivity contribution in [2.24, 2.45) is 11.7 Å². The van der Waals surface area contributed by atoms with Crippen LogP contribution >= 0.6 is 23.2 Å². The first kappa shape index (κ1) is 19.2. The van der Waals surface area contributed by atoms with Crippen LogP contribution in [0.4, 0.5) is 0 Å². The Bertz CT molecular complexity index is 730. The minimum Gasteiger partial charge on any atom is -0.508 e. The van der Waals surface area contributed by atoms with Crippen LogP contribution in [0.15, 0.2) is 12.1 Å². The monoisotopic (exact) mass is 407 g/mol. The van der Waals surface area contributed by atoms with Gasteiger partial charge in [-0.15, -0.1) is 0 Å². The molecule has 2 aliphatic rings. The molecule has 0 radical (unpaired) electrons. The number of nitrogens with one attached hydrogen (secondary N) is 1. The van der Waals surface area contributed by atoms with Gasteiger partial charge in [0.05, 0.1) is 15.3 Å². The van der Waals surface area contributed by atoms with Gasteiger partial charge in [0.25, 0.3) is 0 Å². The van der Waals surface area contributed by atoms with Crippen molar-refractivity contribution in [3.63, 3.8) is 0 Å². The second-order valence-electron chi connectivity index (χ2n) is 6.75. The van der Waals surface area contributed by atoms with Crippen LogP contribution in [-0.4, -0.2) is 49.3 Å². The molecule has 0 saturated carbocycles. The van der Waals surface area contributed by atoms with E-state index in [0.717, 1.165) is 6.54 Å². The van der Waals surface area contributed by atoms with Crippen LogP contribution < -0.4 is 11.1 Å². The summed E-state index contributed by atoms with van der Waals surface area (Å²) in [5.74, 6) is 0.102. The van der Waals surface area contributed by atoms with E-state index in [1.54, 1.807) is 10.4 Å². The number of halogens is 2. The highest BCUT2D eigenvalue weighted by Crippen LogP contribution is 2.38. The molecule has 4 N–H and O–H groups in total. The van der Waals surface area contributed by atoms with Crippen molar-refractivity contribution in [1.82, 2.24) is 9.62 Å². The Labute approximate surface area is 158 Å². The minimum atomic E-state index is -3.25. The second kappa shape index (κ2) is 7.58. The van der Waals surface area contributed by atoms with E-state index in [1.807, 2.05) is 0 Å². The molecule has 140 valence electrons. The normalized spacial score (nSPS) is 24.5. The molecule has 2 fully saturated rings. The number of sulfonamides is 1. The van der Waals surface area contributed by atoms with E-state index < -0.39 is 16.1 Å². The lowest BCUT2D eigenvalue weighted by molar-refractivity contribution is 0.242. The van der Waals surface area contributed by atoms with E-state index in [4.69, 9.17) is 28.9 Å². The summed E-state index contributed by atoms with van der Waals surface area (Å²) in [5, 5.41) is 13.5. The van der Waals surface area contributed by atoms with Crippen molar-refractivity contribution in [2.45, 2.75) is 30.6 Å². The van der Waals surface area contributed by atoms with Crippen molar-refractivity contribution in [3.8, 4) is 5.75 Å². The smallest absolute Gasteiger partial charge is 0.218 e. The highest BCUT2D eigenvalue weighted by molar-refractivity contribution is 7.89. The maximum atomic E-state index is 12.7. The number of nitrogens with two attached hydrogens (primary N) is 1. The molecule has 3 rings (SSSR count). The fourth-order valence-corrected chi connectivity index (χ4v) is 5.87. The Morgan fingerprint density at radius 1 is 1.20 bits per heavy atom. The van der Waals surface area contributed by atoms with Crippen LogP contribution in [0.3, 0.4) is 0 Å². The van der Waals surface area contributed by atoms with Crippen molar-refractivity contribution in [3.05, 3.63) is 27.7 Å². The predicted octanol–water partition coefficient (Wildman–Crippen LogP) is 2.10. The number of rotatable bonds is 4. The van der Waals surface area contributed by atoms with E-state index in [2.05, 4.69) is 5.32 Å². The molecule has 1 aromatic rings. The van der Waals surface area contributed by atoms with Crippen LogP contribution in [0.2, 0.25) is 10.0 Å². The number of phenols is 1. The van der Waals surface area contributed by atoms with Gasteiger partial charge in [-0.1, -0.05) is 23.2 Å². The molecule has 6 nitrogen and oxygen atoms in total. The first-order chi connectivity index (χ1) is 11.8. The third-order valence-electron chi connectivity index (χ3n) is 5.23. The highest BCUT2D eigenvalue weighted by atomic mass is 35.5. The first-order valence-corrected chi connectivity index (χ1v) is 10.7. The van der Waals surface area contributed by atoms with Gasteiger partial charge in [0, 0.05) is 37.3 Å². The Hall–Kier alpha value is -0.570. The molecule has 2 atom stereocenters. The molecule has 2 heterocycles. The summed E-state index contributed by atoms with van der Waals surface area (Å²) in [5.41, 5.74) is 6.88. The zero-order valence-electron chi connectivity index (χ0n) is 13.8. The summed E-state index contributed by atoms with van der Waals surface area (Å²) >= 11 is 11.9. The van der Waals surface area contributed by atoms with Gasteiger partial charge in [-0.3, -0.25) is 0 Å². The van der Waals surface area contributed by atoms with E-state index in [-0.39, 0.29) is 21.9 Å². The van der Waals surface area contributed by atoms with E-state index in [1.165, 1.54) is 6.07 Å². The van der Waals surface area contributed by atoms with Crippen LogP contribution in [0.25, 0.3) is 0 Å². The molecule has 1 aromatic carbocycles. The predicted molar refractivity (Wildman–Crippen MR) is 99.5 cm³/mol. The van der Waals surface area contributed by atoms with E-state index >= 15 is 0 Å². The molecular formula is C16H23Cl2N3O3S. The molecular weight excluding hydrogens is 385 g/mol. The second-order valence-corrected chi connectivity index (χ2v) is 9.77. The van der Waals surface area contributed by atoms with Crippen LogP contribution in [0, 0.1) is 5.92 Å². The number of phenolic OH excluding ortho intramolecular Hbond substituents is 1. The Kier molecular flexibility index (Phi) is 5.82.